The Hall–Kier alpha value is -0.450. The van der Waals surface area contributed by atoms with E-state index in [1.165, 1.54) is 11.3 Å². The van der Waals surface area contributed by atoms with Gasteiger partial charge in [0, 0.05) is 12.5 Å². The molecule has 0 saturated heterocycles. The Morgan fingerprint density at radius 3 is 2.57 bits per heavy atom. The van der Waals surface area contributed by atoms with Gasteiger partial charge in [0.05, 0.1) is 12.3 Å². The van der Waals surface area contributed by atoms with E-state index in [0.29, 0.717) is 0 Å². The summed E-state index contributed by atoms with van der Waals surface area (Å²) in [7, 11) is 1.69. The SMILES string of the molecule is COC(c1nc(CO)cs1)C(C)(C)C. The van der Waals surface area contributed by atoms with Crippen LogP contribution in [-0.4, -0.2) is 17.2 Å². The minimum atomic E-state index is -0.00667. The molecule has 0 aliphatic heterocycles. The quantitative estimate of drug-likeness (QED) is 0.841. The Morgan fingerprint density at radius 1 is 1.57 bits per heavy atom. The first-order chi connectivity index (χ1) is 6.49. The molecule has 0 amide bonds. The van der Waals surface area contributed by atoms with E-state index in [0.717, 1.165) is 10.7 Å². The lowest BCUT2D eigenvalue weighted by Crippen LogP contribution is -2.19. The molecule has 0 saturated carbocycles. The van der Waals surface area contributed by atoms with Crippen LogP contribution in [0.3, 0.4) is 0 Å². The molecule has 0 aliphatic carbocycles. The number of aliphatic hydroxyl groups is 1. The van der Waals surface area contributed by atoms with Crippen molar-refractivity contribution in [2.75, 3.05) is 7.11 Å². The Bertz CT molecular complexity index is 291. The Morgan fingerprint density at radius 2 is 2.21 bits per heavy atom. The van der Waals surface area contributed by atoms with Crippen LogP contribution in [0.1, 0.15) is 37.6 Å². The molecule has 14 heavy (non-hydrogen) atoms. The van der Waals surface area contributed by atoms with Gasteiger partial charge in [0.2, 0.25) is 0 Å². The number of hydrogen-bond acceptors (Lipinski definition) is 4. The monoisotopic (exact) mass is 215 g/mol. The number of hydrogen-bond donors (Lipinski definition) is 1. The number of ether oxygens (including phenoxy) is 1. The van der Waals surface area contributed by atoms with E-state index in [1.807, 2.05) is 5.38 Å². The van der Waals surface area contributed by atoms with Crippen LogP contribution in [0.5, 0.6) is 0 Å². The fourth-order valence-electron chi connectivity index (χ4n) is 1.34. The van der Waals surface area contributed by atoms with Crippen LogP contribution in [0, 0.1) is 5.41 Å². The standard InChI is InChI=1S/C10H17NO2S/c1-10(2,3)8(13-4)9-11-7(5-12)6-14-9/h6,8,12H,5H2,1-4H3. The molecule has 1 atom stereocenters. The molecule has 1 aromatic heterocycles. The van der Waals surface area contributed by atoms with E-state index in [2.05, 4.69) is 25.8 Å². The van der Waals surface area contributed by atoms with Crippen molar-refractivity contribution in [1.29, 1.82) is 0 Å². The molecule has 4 heteroatoms. The van der Waals surface area contributed by atoms with E-state index >= 15 is 0 Å². The van der Waals surface area contributed by atoms with Gasteiger partial charge in [-0.3, -0.25) is 0 Å². The smallest absolute Gasteiger partial charge is 0.122 e. The zero-order chi connectivity index (χ0) is 10.8. The highest BCUT2D eigenvalue weighted by Crippen LogP contribution is 2.36. The fourth-order valence-corrected chi connectivity index (χ4v) is 2.47. The van der Waals surface area contributed by atoms with Crippen molar-refractivity contribution in [2.45, 2.75) is 33.5 Å². The third-order valence-electron chi connectivity index (χ3n) is 1.98. The van der Waals surface area contributed by atoms with Gasteiger partial charge in [-0.2, -0.15) is 0 Å². The lowest BCUT2D eigenvalue weighted by Gasteiger charge is -2.27. The summed E-state index contributed by atoms with van der Waals surface area (Å²) < 4.78 is 5.42. The zero-order valence-corrected chi connectivity index (χ0v) is 9.89. The number of rotatable bonds is 3. The van der Waals surface area contributed by atoms with Gasteiger partial charge in [-0.15, -0.1) is 11.3 Å². The summed E-state index contributed by atoms with van der Waals surface area (Å²) in [5.41, 5.74) is 0.746. The molecule has 0 aliphatic rings. The normalized spacial score (nSPS) is 14.4. The molecule has 1 rings (SSSR count). The summed E-state index contributed by atoms with van der Waals surface area (Å²) in [5.74, 6) is 0. The third-order valence-corrected chi connectivity index (χ3v) is 2.91. The predicted molar refractivity (Wildman–Crippen MR) is 57.2 cm³/mol. The van der Waals surface area contributed by atoms with Crippen molar-refractivity contribution in [2.24, 2.45) is 5.41 Å². The predicted octanol–water partition coefficient (Wildman–Crippen LogP) is 2.37. The summed E-state index contributed by atoms with van der Waals surface area (Å²) in [6.45, 7) is 6.33. The zero-order valence-electron chi connectivity index (χ0n) is 9.07. The van der Waals surface area contributed by atoms with Gasteiger partial charge in [0.25, 0.3) is 0 Å². The molecule has 3 nitrogen and oxygen atoms in total. The molecule has 0 bridgehead atoms. The van der Waals surface area contributed by atoms with Gasteiger partial charge in [0.1, 0.15) is 11.1 Å². The van der Waals surface area contributed by atoms with Gasteiger partial charge in [-0.1, -0.05) is 20.8 Å². The third kappa shape index (κ3) is 2.53. The molecular formula is C10H17NO2S. The van der Waals surface area contributed by atoms with Gasteiger partial charge >= 0.3 is 0 Å². The summed E-state index contributed by atoms with van der Waals surface area (Å²) in [6, 6.07) is 0. The minimum absolute atomic E-state index is 0.00290. The largest absolute Gasteiger partial charge is 0.390 e. The summed E-state index contributed by atoms with van der Waals surface area (Å²) in [5, 5.41) is 11.7. The molecule has 80 valence electrons. The van der Waals surface area contributed by atoms with Crippen LogP contribution in [0.2, 0.25) is 0 Å². The maximum absolute atomic E-state index is 8.91. The average molecular weight is 215 g/mol. The second-order valence-corrected chi connectivity index (χ2v) is 5.21. The van der Waals surface area contributed by atoms with E-state index in [-0.39, 0.29) is 18.1 Å². The van der Waals surface area contributed by atoms with Gasteiger partial charge in [-0.25, -0.2) is 4.98 Å². The first-order valence-corrected chi connectivity index (χ1v) is 5.45. The summed E-state index contributed by atoms with van der Waals surface area (Å²) in [4.78, 5) is 4.31. The molecule has 1 N–H and O–H groups in total. The topological polar surface area (TPSA) is 42.4 Å². The van der Waals surface area contributed by atoms with Crippen LogP contribution in [0.25, 0.3) is 0 Å². The molecule has 0 aromatic carbocycles. The molecule has 0 fully saturated rings. The minimum Gasteiger partial charge on any atom is -0.390 e. The van der Waals surface area contributed by atoms with Gasteiger partial charge in [-0.05, 0) is 5.41 Å². The van der Waals surface area contributed by atoms with Crippen LogP contribution in [0.15, 0.2) is 5.38 Å². The number of thiazole rings is 1. The highest BCUT2D eigenvalue weighted by molar-refractivity contribution is 7.09. The van der Waals surface area contributed by atoms with Gasteiger partial charge in [0.15, 0.2) is 0 Å². The van der Waals surface area contributed by atoms with Crippen molar-refractivity contribution in [1.82, 2.24) is 4.98 Å². The summed E-state index contributed by atoms with van der Waals surface area (Å²) in [6.07, 6.45) is -0.00667. The van der Waals surface area contributed by atoms with Gasteiger partial charge < -0.3 is 9.84 Å². The first-order valence-electron chi connectivity index (χ1n) is 4.57. The van der Waals surface area contributed by atoms with E-state index < -0.39 is 0 Å². The van der Waals surface area contributed by atoms with E-state index in [4.69, 9.17) is 9.84 Å². The number of aliphatic hydroxyl groups excluding tert-OH is 1. The Kier molecular flexibility index (Phi) is 3.64. The van der Waals surface area contributed by atoms with Crippen molar-refractivity contribution in [3.63, 3.8) is 0 Å². The van der Waals surface area contributed by atoms with Crippen LogP contribution in [-0.2, 0) is 11.3 Å². The van der Waals surface area contributed by atoms with Crippen molar-refractivity contribution in [3.05, 3.63) is 16.1 Å². The van der Waals surface area contributed by atoms with Crippen LogP contribution < -0.4 is 0 Å². The lowest BCUT2D eigenvalue weighted by atomic mass is 9.89. The second-order valence-electron chi connectivity index (χ2n) is 4.32. The highest BCUT2D eigenvalue weighted by Gasteiger charge is 2.28. The van der Waals surface area contributed by atoms with E-state index in [1.54, 1.807) is 7.11 Å². The van der Waals surface area contributed by atoms with E-state index in [9.17, 15) is 0 Å². The van der Waals surface area contributed by atoms with Crippen molar-refractivity contribution in [3.8, 4) is 0 Å². The fraction of sp³-hybridized carbons (Fsp3) is 0.700. The molecule has 1 aromatic rings. The molecule has 0 radical (unpaired) electrons. The molecule has 1 heterocycles. The van der Waals surface area contributed by atoms with Crippen LogP contribution in [0.4, 0.5) is 0 Å². The molecule has 1 unspecified atom stereocenters. The summed E-state index contributed by atoms with van der Waals surface area (Å²) >= 11 is 1.54. The van der Waals surface area contributed by atoms with Crippen LogP contribution >= 0.6 is 11.3 Å². The Labute approximate surface area is 88.8 Å². The number of methoxy groups -OCH3 is 1. The maximum Gasteiger partial charge on any atom is 0.122 e. The maximum atomic E-state index is 8.91. The second kappa shape index (κ2) is 4.38. The lowest BCUT2D eigenvalue weighted by molar-refractivity contribution is 0.0148. The first kappa shape index (κ1) is 11.6. The number of nitrogens with zero attached hydrogens (tertiary/aromatic N) is 1. The van der Waals surface area contributed by atoms with Crippen molar-refractivity contribution >= 4 is 11.3 Å². The average Bonchev–Trinajstić information content (AvgIpc) is 2.51. The van der Waals surface area contributed by atoms with Crippen molar-refractivity contribution < 1.29 is 9.84 Å². The highest BCUT2D eigenvalue weighted by atomic mass is 32.1. The molecular weight excluding hydrogens is 198 g/mol. The molecule has 0 spiro atoms. The number of aromatic nitrogens is 1. The Balaban J connectivity index is 2.90.